The van der Waals surface area contributed by atoms with Gasteiger partial charge in [0.15, 0.2) is 5.11 Å². The van der Waals surface area contributed by atoms with E-state index in [9.17, 15) is 13.2 Å². The van der Waals surface area contributed by atoms with Gasteiger partial charge in [0, 0.05) is 11.7 Å². The van der Waals surface area contributed by atoms with Gasteiger partial charge in [0.05, 0.1) is 26.9 Å². The normalized spacial score (nSPS) is 12.8. The number of nitrogens with zero attached hydrogens (tertiary/aromatic N) is 3. The number of rotatable bonds is 3. The zero-order valence-electron chi connectivity index (χ0n) is 15.8. The summed E-state index contributed by atoms with van der Waals surface area (Å²) >= 11 is 12.4. The van der Waals surface area contributed by atoms with Crippen LogP contribution in [0, 0.1) is 6.92 Å². The van der Waals surface area contributed by atoms with Crippen LogP contribution in [0.2, 0.25) is 5.02 Å². The number of hydrogen-bond donors (Lipinski definition) is 2. The second-order valence-corrected chi connectivity index (χ2v) is 8.81. The third kappa shape index (κ3) is 5.86. The van der Waals surface area contributed by atoms with Crippen molar-refractivity contribution in [3.8, 4) is 10.7 Å². The topological polar surface area (TPSA) is 62.2 Å². The van der Waals surface area contributed by atoms with Gasteiger partial charge >= 0.3 is 6.18 Å². The lowest BCUT2D eigenvalue weighted by molar-refractivity contribution is -0.137. The molecule has 0 bridgehead atoms. The van der Waals surface area contributed by atoms with E-state index in [0.717, 1.165) is 17.1 Å². The Kier molecular flexibility index (Phi) is 6.67. The van der Waals surface area contributed by atoms with E-state index in [1.807, 2.05) is 20.8 Å². The first kappa shape index (κ1) is 22.5. The monoisotopic (exact) mass is 449 g/mol. The quantitative estimate of drug-likeness (QED) is 0.384. The fourth-order valence-electron chi connectivity index (χ4n) is 2.14. The fraction of sp³-hybridized carbons (Fsp3) is 0.412. The zero-order valence-corrected chi connectivity index (χ0v) is 18.2. The standard InChI is InChI=1S/C17H19ClF3N5S2/c1-8-13(9(2)25-26-15(27)24-16(3,4)5)28-14(23-8)12-11(18)6-10(7-22-12)17(19,20)21/h6-7H,1-5H3,(H2,24,26,27). The van der Waals surface area contributed by atoms with Gasteiger partial charge in [-0.25, -0.2) is 4.98 Å². The highest BCUT2D eigenvalue weighted by molar-refractivity contribution is 7.80. The molecule has 2 aromatic rings. The van der Waals surface area contributed by atoms with Crippen LogP contribution in [0.4, 0.5) is 13.2 Å². The van der Waals surface area contributed by atoms with Crippen LogP contribution in [-0.4, -0.2) is 26.3 Å². The lowest BCUT2D eigenvalue weighted by Crippen LogP contribution is -2.44. The van der Waals surface area contributed by atoms with Gasteiger partial charge < -0.3 is 5.32 Å². The maximum atomic E-state index is 12.8. The van der Waals surface area contributed by atoms with Gasteiger partial charge in [-0.3, -0.25) is 10.4 Å². The molecule has 0 aliphatic carbocycles. The molecule has 2 rings (SSSR count). The van der Waals surface area contributed by atoms with E-state index in [1.165, 1.54) is 11.3 Å². The van der Waals surface area contributed by atoms with Gasteiger partial charge in [0.25, 0.3) is 0 Å². The molecular weight excluding hydrogens is 431 g/mol. The van der Waals surface area contributed by atoms with E-state index in [1.54, 1.807) is 13.8 Å². The molecule has 2 heterocycles. The molecule has 0 aliphatic heterocycles. The number of nitrogens with one attached hydrogen (secondary N) is 2. The Bertz CT molecular complexity index is 916. The van der Waals surface area contributed by atoms with Crippen LogP contribution >= 0.6 is 35.2 Å². The van der Waals surface area contributed by atoms with Gasteiger partial charge in [-0.2, -0.15) is 18.3 Å². The Morgan fingerprint density at radius 1 is 1.29 bits per heavy atom. The molecule has 152 valence electrons. The van der Waals surface area contributed by atoms with Crippen LogP contribution in [0.25, 0.3) is 10.7 Å². The number of thiazole rings is 1. The second-order valence-electron chi connectivity index (χ2n) is 7.00. The number of alkyl halides is 3. The molecule has 0 radical (unpaired) electrons. The molecule has 0 saturated carbocycles. The Morgan fingerprint density at radius 3 is 2.46 bits per heavy atom. The van der Waals surface area contributed by atoms with Crippen molar-refractivity contribution >= 4 is 46.0 Å². The molecule has 2 N–H and O–H groups in total. The van der Waals surface area contributed by atoms with Crippen molar-refractivity contribution in [2.24, 2.45) is 5.10 Å². The Balaban J connectivity index is 2.25. The van der Waals surface area contributed by atoms with Gasteiger partial charge in [-0.05, 0) is 52.9 Å². The minimum absolute atomic E-state index is 0.113. The highest BCUT2D eigenvalue weighted by Gasteiger charge is 2.32. The predicted molar refractivity (Wildman–Crippen MR) is 111 cm³/mol. The van der Waals surface area contributed by atoms with Gasteiger partial charge in [-0.1, -0.05) is 11.6 Å². The first-order valence-corrected chi connectivity index (χ1v) is 9.71. The first-order valence-electron chi connectivity index (χ1n) is 8.11. The highest BCUT2D eigenvalue weighted by Crippen LogP contribution is 2.36. The minimum atomic E-state index is -4.51. The van der Waals surface area contributed by atoms with Crippen LogP contribution in [-0.2, 0) is 6.18 Å². The molecule has 0 spiro atoms. The number of thiocarbonyl (C=S) groups is 1. The largest absolute Gasteiger partial charge is 0.417 e. The average molecular weight is 450 g/mol. The average Bonchev–Trinajstić information content (AvgIpc) is 2.91. The molecule has 2 aromatic heterocycles. The fourth-order valence-corrected chi connectivity index (χ4v) is 3.82. The summed E-state index contributed by atoms with van der Waals surface area (Å²) in [4.78, 5) is 8.98. The number of hydrazone groups is 1. The summed E-state index contributed by atoms with van der Waals surface area (Å²) < 4.78 is 38.3. The molecule has 5 nitrogen and oxygen atoms in total. The molecule has 0 atom stereocenters. The van der Waals surface area contributed by atoms with Crippen LogP contribution < -0.4 is 10.7 Å². The number of halogens is 4. The summed E-state index contributed by atoms with van der Waals surface area (Å²) in [5, 5.41) is 8.00. The molecule has 0 aromatic carbocycles. The van der Waals surface area contributed by atoms with E-state index in [-0.39, 0.29) is 16.3 Å². The van der Waals surface area contributed by atoms with Crippen LogP contribution in [0.1, 0.15) is 43.8 Å². The van der Waals surface area contributed by atoms with Gasteiger partial charge in [0.1, 0.15) is 10.7 Å². The first-order chi connectivity index (χ1) is 12.8. The third-order valence-corrected chi connectivity index (χ3v) is 5.06. The van der Waals surface area contributed by atoms with E-state index >= 15 is 0 Å². The lowest BCUT2D eigenvalue weighted by atomic mass is 10.1. The van der Waals surface area contributed by atoms with E-state index in [0.29, 0.717) is 21.5 Å². The van der Waals surface area contributed by atoms with Crippen molar-refractivity contribution in [3.05, 3.63) is 33.4 Å². The van der Waals surface area contributed by atoms with Crippen molar-refractivity contribution in [1.29, 1.82) is 0 Å². The van der Waals surface area contributed by atoms with Crippen molar-refractivity contribution in [2.75, 3.05) is 0 Å². The number of aryl methyl sites for hydroxylation is 1. The van der Waals surface area contributed by atoms with E-state index in [2.05, 4.69) is 25.8 Å². The Hall–Kier alpha value is -1.78. The highest BCUT2D eigenvalue weighted by atomic mass is 35.5. The summed E-state index contributed by atoms with van der Waals surface area (Å²) in [6.45, 7) is 9.46. The molecule has 0 fully saturated rings. The van der Waals surface area contributed by atoms with Crippen LogP contribution in [0.15, 0.2) is 17.4 Å². The Morgan fingerprint density at radius 2 is 1.93 bits per heavy atom. The lowest BCUT2D eigenvalue weighted by Gasteiger charge is -2.21. The van der Waals surface area contributed by atoms with Crippen molar-refractivity contribution in [2.45, 2.75) is 46.3 Å². The summed E-state index contributed by atoms with van der Waals surface area (Å²) in [5.74, 6) is 0. The summed E-state index contributed by atoms with van der Waals surface area (Å²) in [7, 11) is 0. The minimum Gasteiger partial charge on any atom is -0.357 e. The van der Waals surface area contributed by atoms with Crippen LogP contribution in [0.3, 0.4) is 0 Å². The zero-order chi connectivity index (χ0) is 21.3. The molecule has 0 unspecified atom stereocenters. The van der Waals surface area contributed by atoms with E-state index < -0.39 is 11.7 Å². The van der Waals surface area contributed by atoms with Crippen molar-refractivity contribution in [3.63, 3.8) is 0 Å². The van der Waals surface area contributed by atoms with Gasteiger partial charge in [0.2, 0.25) is 0 Å². The molecule has 11 heteroatoms. The predicted octanol–water partition coefficient (Wildman–Crippen LogP) is 5.17. The maximum Gasteiger partial charge on any atom is 0.417 e. The summed E-state index contributed by atoms with van der Waals surface area (Å²) in [5.41, 5.74) is 3.15. The smallest absolute Gasteiger partial charge is 0.357 e. The molecular formula is C17H19ClF3N5S2. The summed E-state index contributed by atoms with van der Waals surface area (Å²) in [6.07, 6.45) is -3.76. The number of hydrogen-bond acceptors (Lipinski definition) is 5. The number of pyridine rings is 1. The number of aromatic nitrogens is 2. The maximum absolute atomic E-state index is 12.8. The second kappa shape index (κ2) is 8.30. The van der Waals surface area contributed by atoms with Gasteiger partial charge in [-0.15, -0.1) is 11.3 Å². The van der Waals surface area contributed by atoms with E-state index in [4.69, 9.17) is 23.8 Å². The third-order valence-electron chi connectivity index (χ3n) is 3.31. The molecule has 0 saturated heterocycles. The SMILES string of the molecule is CC(=NNC(=S)NC(C)(C)C)c1sc(-c2ncc(C(F)(F)F)cc2Cl)nc1C. The van der Waals surface area contributed by atoms with Crippen LogP contribution in [0.5, 0.6) is 0 Å². The van der Waals surface area contributed by atoms with Crippen molar-refractivity contribution in [1.82, 2.24) is 20.7 Å². The Labute approximate surface area is 175 Å². The summed E-state index contributed by atoms with van der Waals surface area (Å²) in [6, 6.07) is 0.847. The molecule has 0 aliphatic rings. The molecule has 28 heavy (non-hydrogen) atoms. The van der Waals surface area contributed by atoms with Crippen molar-refractivity contribution < 1.29 is 13.2 Å². The molecule has 0 amide bonds.